The van der Waals surface area contributed by atoms with Gasteiger partial charge >= 0.3 is 5.97 Å². The van der Waals surface area contributed by atoms with Gasteiger partial charge in [0.2, 0.25) is 0 Å². The van der Waals surface area contributed by atoms with Crippen molar-refractivity contribution < 1.29 is 24.2 Å². The van der Waals surface area contributed by atoms with Crippen molar-refractivity contribution >= 4 is 11.9 Å². The molecule has 1 atom stereocenters. The second kappa shape index (κ2) is 10.2. The first-order valence-corrected chi connectivity index (χ1v) is 8.90. The molecule has 28 heavy (non-hydrogen) atoms. The summed E-state index contributed by atoms with van der Waals surface area (Å²) in [7, 11) is 3.03. The van der Waals surface area contributed by atoms with E-state index in [1.54, 1.807) is 18.2 Å². The number of carboxylic acids is 1. The molecule has 6 heteroatoms. The van der Waals surface area contributed by atoms with Crippen molar-refractivity contribution in [2.45, 2.75) is 12.8 Å². The number of benzene rings is 2. The number of carbonyl (C=O) groups excluding carboxylic acids is 1. The molecule has 148 valence electrons. The Morgan fingerprint density at radius 1 is 1.18 bits per heavy atom. The number of carboxylic acid groups (broad SMARTS) is 1. The fraction of sp³-hybridized carbons (Fsp3) is 0.273. The molecule has 0 bridgehead atoms. The zero-order valence-electron chi connectivity index (χ0n) is 16.1. The Balaban J connectivity index is 2.15. The maximum Gasteiger partial charge on any atom is 0.308 e. The molecule has 2 N–H and O–H groups in total. The molecule has 0 spiro atoms. The van der Waals surface area contributed by atoms with Crippen LogP contribution in [0.25, 0.3) is 0 Å². The average Bonchev–Trinajstić information content (AvgIpc) is 2.70. The second-order valence-electron chi connectivity index (χ2n) is 6.30. The molecule has 2 aromatic rings. The summed E-state index contributed by atoms with van der Waals surface area (Å²) < 4.78 is 10.7. The highest BCUT2D eigenvalue weighted by atomic mass is 16.5. The lowest BCUT2D eigenvalue weighted by Gasteiger charge is -2.16. The smallest absolute Gasteiger partial charge is 0.308 e. The van der Waals surface area contributed by atoms with Crippen molar-refractivity contribution in [1.29, 1.82) is 0 Å². The predicted molar refractivity (Wildman–Crippen MR) is 107 cm³/mol. The first kappa shape index (κ1) is 21.0. The van der Waals surface area contributed by atoms with E-state index < -0.39 is 11.9 Å². The van der Waals surface area contributed by atoms with Gasteiger partial charge in [-0.25, -0.2) is 0 Å². The molecule has 2 rings (SSSR count). The fourth-order valence-corrected chi connectivity index (χ4v) is 2.94. The van der Waals surface area contributed by atoms with E-state index in [0.717, 1.165) is 11.1 Å². The number of nitrogens with one attached hydrogen (secondary N) is 1. The van der Waals surface area contributed by atoms with Gasteiger partial charge in [0, 0.05) is 17.7 Å². The summed E-state index contributed by atoms with van der Waals surface area (Å²) in [6.07, 6.45) is 2.55. The van der Waals surface area contributed by atoms with Crippen LogP contribution in [0, 0.1) is 5.92 Å². The Kier molecular flexibility index (Phi) is 7.63. The molecule has 0 aromatic heterocycles. The number of hydrogen-bond acceptors (Lipinski definition) is 4. The molecular weight excluding hydrogens is 358 g/mol. The molecule has 0 aliphatic heterocycles. The summed E-state index contributed by atoms with van der Waals surface area (Å²) in [5, 5.41) is 12.2. The van der Waals surface area contributed by atoms with Gasteiger partial charge < -0.3 is 19.9 Å². The van der Waals surface area contributed by atoms with Crippen LogP contribution in [-0.4, -0.2) is 37.7 Å². The van der Waals surface area contributed by atoms with Gasteiger partial charge in [0.15, 0.2) is 11.5 Å². The highest BCUT2D eigenvalue weighted by Crippen LogP contribution is 2.33. The van der Waals surface area contributed by atoms with Crippen molar-refractivity contribution in [3.05, 3.63) is 71.8 Å². The second-order valence-corrected chi connectivity index (χ2v) is 6.30. The lowest BCUT2D eigenvalue weighted by molar-refractivity contribution is -0.141. The van der Waals surface area contributed by atoms with E-state index in [4.69, 9.17) is 9.47 Å². The zero-order chi connectivity index (χ0) is 20.5. The Labute approximate surface area is 164 Å². The van der Waals surface area contributed by atoms with E-state index in [2.05, 4.69) is 11.9 Å². The summed E-state index contributed by atoms with van der Waals surface area (Å²) >= 11 is 0. The minimum atomic E-state index is -0.955. The van der Waals surface area contributed by atoms with Crippen LogP contribution in [0.2, 0.25) is 0 Å². The molecule has 0 aliphatic carbocycles. The lowest BCUT2D eigenvalue weighted by Crippen LogP contribution is -2.34. The molecule has 0 aliphatic rings. The molecule has 0 saturated carbocycles. The first-order chi connectivity index (χ1) is 13.5. The van der Waals surface area contributed by atoms with Crippen LogP contribution >= 0.6 is 0 Å². The lowest BCUT2D eigenvalue weighted by atomic mass is 9.99. The van der Waals surface area contributed by atoms with Crippen LogP contribution in [0.3, 0.4) is 0 Å². The van der Waals surface area contributed by atoms with Crippen molar-refractivity contribution in [2.24, 2.45) is 5.92 Å². The van der Waals surface area contributed by atoms with Gasteiger partial charge in [0.1, 0.15) is 0 Å². The van der Waals surface area contributed by atoms with Gasteiger partial charge in [0.25, 0.3) is 5.91 Å². The fourth-order valence-electron chi connectivity index (χ4n) is 2.94. The van der Waals surface area contributed by atoms with Gasteiger partial charge in [-0.15, -0.1) is 6.58 Å². The molecule has 1 unspecified atom stereocenters. The van der Waals surface area contributed by atoms with E-state index in [9.17, 15) is 14.7 Å². The van der Waals surface area contributed by atoms with Crippen molar-refractivity contribution in [3.8, 4) is 11.5 Å². The van der Waals surface area contributed by atoms with E-state index in [1.807, 2.05) is 30.3 Å². The Hall–Kier alpha value is -3.28. The van der Waals surface area contributed by atoms with E-state index in [-0.39, 0.29) is 12.5 Å². The van der Waals surface area contributed by atoms with Gasteiger partial charge in [-0.2, -0.15) is 0 Å². The van der Waals surface area contributed by atoms with Gasteiger partial charge in [-0.3, -0.25) is 9.59 Å². The number of hydrogen-bond donors (Lipinski definition) is 2. The third-order valence-electron chi connectivity index (χ3n) is 4.37. The highest BCUT2D eigenvalue weighted by molar-refractivity contribution is 5.95. The number of aliphatic carboxylic acids is 1. The van der Waals surface area contributed by atoms with Gasteiger partial charge in [-0.05, 0) is 30.5 Å². The van der Waals surface area contributed by atoms with Crippen LogP contribution in [0.15, 0.2) is 55.1 Å². The van der Waals surface area contributed by atoms with Crippen molar-refractivity contribution in [1.82, 2.24) is 5.32 Å². The standard InChI is InChI=1S/C22H25NO5/c1-4-8-16-12-17(13-19(27-2)20(16)28-3)21(24)23-14-18(22(25)26)11-15-9-6-5-7-10-15/h4-7,9-10,12-13,18H,1,8,11,14H2,2-3H3,(H,23,24)(H,25,26). The van der Waals surface area contributed by atoms with Crippen LogP contribution < -0.4 is 14.8 Å². The Morgan fingerprint density at radius 2 is 1.89 bits per heavy atom. The maximum atomic E-state index is 12.6. The summed E-state index contributed by atoms with van der Waals surface area (Å²) in [6.45, 7) is 3.74. The molecular formula is C22H25NO5. The first-order valence-electron chi connectivity index (χ1n) is 8.90. The number of carbonyl (C=O) groups is 2. The monoisotopic (exact) mass is 383 g/mol. The molecule has 0 heterocycles. The van der Waals surface area contributed by atoms with Crippen LogP contribution in [0.1, 0.15) is 21.5 Å². The molecule has 2 aromatic carbocycles. The molecule has 0 fully saturated rings. The van der Waals surface area contributed by atoms with Gasteiger partial charge in [-0.1, -0.05) is 36.4 Å². The number of rotatable bonds is 10. The topological polar surface area (TPSA) is 84.9 Å². The summed E-state index contributed by atoms with van der Waals surface area (Å²) in [4.78, 5) is 24.2. The molecule has 0 saturated heterocycles. The molecule has 6 nitrogen and oxygen atoms in total. The number of methoxy groups -OCH3 is 2. The minimum absolute atomic E-state index is 0.0220. The van der Waals surface area contributed by atoms with Crippen molar-refractivity contribution in [3.63, 3.8) is 0 Å². The Morgan fingerprint density at radius 3 is 2.46 bits per heavy atom. The quantitative estimate of drug-likeness (QED) is 0.616. The molecule has 0 radical (unpaired) electrons. The SMILES string of the molecule is C=CCc1cc(C(=O)NCC(Cc2ccccc2)C(=O)O)cc(OC)c1OC. The van der Waals surface area contributed by atoms with E-state index >= 15 is 0 Å². The largest absolute Gasteiger partial charge is 0.493 e. The normalized spacial score (nSPS) is 11.4. The average molecular weight is 383 g/mol. The van der Waals surface area contributed by atoms with Crippen molar-refractivity contribution in [2.75, 3.05) is 20.8 Å². The number of amides is 1. The Bertz CT molecular complexity index is 832. The van der Waals surface area contributed by atoms with Gasteiger partial charge in [0.05, 0.1) is 20.1 Å². The third-order valence-corrected chi connectivity index (χ3v) is 4.37. The molecule has 1 amide bonds. The summed E-state index contributed by atoms with van der Waals surface area (Å²) in [6, 6.07) is 12.6. The van der Waals surface area contributed by atoms with E-state index in [1.165, 1.54) is 14.2 Å². The van der Waals surface area contributed by atoms with E-state index in [0.29, 0.717) is 29.9 Å². The number of allylic oxidation sites excluding steroid dienone is 1. The summed E-state index contributed by atoms with van der Waals surface area (Å²) in [5.74, 6) is -1.06. The number of ether oxygens (including phenoxy) is 2. The highest BCUT2D eigenvalue weighted by Gasteiger charge is 2.21. The third kappa shape index (κ3) is 5.36. The van der Waals surface area contributed by atoms with Crippen LogP contribution in [0.4, 0.5) is 0 Å². The zero-order valence-corrected chi connectivity index (χ0v) is 16.1. The van der Waals surface area contributed by atoms with Crippen LogP contribution in [0.5, 0.6) is 11.5 Å². The summed E-state index contributed by atoms with van der Waals surface area (Å²) in [5.41, 5.74) is 2.04. The minimum Gasteiger partial charge on any atom is -0.493 e. The van der Waals surface area contributed by atoms with Crippen LogP contribution in [-0.2, 0) is 17.6 Å². The maximum absolute atomic E-state index is 12.6. The predicted octanol–water partition coefficient (Wildman–Crippen LogP) is 3.11.